The number of anilines is 1. The molecule has 1 aliphatic carbocycles. The van der Waals surface area contributed by atoms with E-state index in [0.29, 0.717) is 10.6 Å². The summed E-state index contributed by atoms with van der Waals surface area (Å²) in [4.78, 5) is 12.3. The van der Waals surface area contributed by atoms with Gasteiger partial charge in [-0.2, -0.15) is 0 Å². The molecule has 0 saturated heterocycles. The standard InChI is InChI=1S/C17H16ClNO/c1-17(10-11-17)13-7-3-5-9-15(13)19-16(20)12-6-2-4-8-14(12)18/h2-9H,10-11H2,1H3,(H,19,20). The van der Waals surface area contributed by atoms with Crippen LogP contribution in [0, 0.1) is 0 Å². The number of halogens is 1. The first kappa shape index (κ1) is 13.2. The van der Waals surface area contributed by atoms with Crippen molar-refractivity contribution in [2.24, 2.45) is 0 Å². The Morgan fingerprint density at radius 2 is 1.75 bits per heavy atom. The minimum absolute atomic E-state index is 0.160. The maximum absolute atomic E-state index is 12.3. The summed E-state index contributed by atoms with van der Waals surface area (Å²) in [5.74, 6) is -0.160. The van der Waals surface area contributed by atoms with Crippen molar-refractivity contribution >= 4 is 23.2 Å². The minimum Gasteiger partial charge on any atom is -0.322 e. The average molecular weight is 286 g/mol. The van der Waals surface area contributed by atoms with Crippen molar-refractivity contribution in [2.45, 2.75) is 25.2 Å². The Morgan fingerprint density at radius 1 is 1.10 bits per heavy atom. The van der Waals surface area contributed by atoms with Crippen LogP contribution in [0.25, 0.3) is 0 Å². The van der Waals surface area contributed by atoms with E-state index in [-0.39, 0.29) is 11.3 Å². The van der Waals surface area contributed by atoms with Gasteiger partial charge in [0.25, 0.3) is 5.91 Å². The van der Waals surface area contributed by atoms with Crippen LogP contribution in [0.3, 0.4) is 0 Å². The predicted octanol–water partition coefficient (Wildman–Crippen LogP) is 4.64. The predicted molar refractivity (Wildman–Crippen MR) is 82.4 cm³/mol. The zero-order valence-corrected chi connectivity index (χ0v) is 12.1. The van der Waals surface area contributed by atoms with Crippen molar-refractivity contribution in [3.8, 4) is 0 Å². The van der Waals surface area contributed by atoms with Gasteiger partial charge in [0, 0.05) is 5.69 Å². The second-order valence-electron chi connectivity index (χ2n) is 5.54. The fourth-order valence-electron chi connectivity index (χ4n) is 2.41. The molecule has 0 spiro atoms. The largest absolute Gasteiger partial charge is 0.322 e. The molecule has 0 heterocycles. The third-order valence-electron chi connectivity index (χ3n) is 3.94. The molecule has 0 bridgehead atoms. The van der Waals surface area contributed by atoms with Crippen LogP contribution >= 0.6 is 11.6 Å². The van der Waals surface area contributed by atoms with E-state index in [9.17, 15) is 4.79 Å². The van der Waals surface area contributed by atoms with Gasteiger partial charge in [0.2, 0.25) is 0 Å². The summed E-state index contributed by atoms with van der Waals surface area (Å²) in [7, 11) is 0. The number of hydrogen-bond donors (Lipinski definition) is 1. The topological polar surface area (TPSA) is 29.1 Å². The fraction of sp³-hybridized carbons (Fsp3) is 0.235. The highest BCUT2D eigenvalue weighted by atomic mass is 35.5. The van der Waals surface area contributed by atoms with Crippen molar-refractivity contribution in [3.05, 3.63) is 64.7 Å². The zero-order chi connectivity index (χ0) is 14.2. The number of hydrogen-bond acceptors (Lipinski definition) is 1. The van der Waals surface area contributed by atoms with Crippen LogP contribution in [0.15, 0.2) is 48.5 Å². The maximum atomic E-state index is 12.3. The van der Waals surface area contributed by atoms with Gasteiger partial charge in [-0.25, -0.2) is 0 Å². The van der Waals surface area contributed by atoms with Gasteiger partial charge >= 0.3 is 0 Å². The quantitative estimate of drug-likeness (QED) is 0.874. The molecule has 1 fully saturated rings. The van der Waals surface area contributed by atoms with E-state index >= 15 is 0 Å². The smallest absolute Gasteiger partial charge is 0.257 e. The molecule has 1 saturated carbocycles. The molecule has 0 atom stereocenters. The number of carbonyl (C=O) groups is 1. The Bertz CT molecular complexity index is 662. The Kier molecular flexibility index (Phi) is 3.27. The summed E-state index contributed by atoms with van der Waals surface area (Å²) in [6, 6.07) is 15.1. The second-order valence-corrected chi connectivity index (χ2v) is 5.95. The van der Waals surface area contributed by atoms with Crippen molar-refractivity contribution < 1.29 is 4.79 Å². The molecular formula is C17H16ClNO. The summed E-state index contributed by atoms with van der Waals surface area (Å²) in [5, 5.41) is 3.46. The van der Waals surface area contributed by atoms with Crippen LogP contribution in [-0.2, 0) is 5.41 Å². The third kappa shape index (κ3) is 2.44. The van der Waals surface area contributed by atoms with Gasteiger partial charge in [0.05, 0.1) is 10.6 Å². The van der Waals surface area contributed by atoms with Gasteiger partial charge in [-0.3, -0.25) is 4.79 Å². The van der Waals surface area contributed by atoms with E-state index in [2.05, 4.69) is 18.3 Å². The van der Waals surface area contributed by atoms with Crippen LogP contribution in [0.1, 0.15) is 35.7 Å². The van der Waals surface area contributed by atoms with Gasteiger partial charge in [0.1, 0.15) is 0 Å². The molecule has 0 radical (unpaired) electrons. The molecule has 0 unspecified atom stereocenters. The van der Waals surface area contributed by atoms with Crippen molar-refractivity contribution in [1.29, 1.82) is 0 Å². The lowest BCUT2D eigenvalue weighted by molar-refractivity contribution is 0.102. The summed E-state index contributed by atoms with van der Waals surface area (Å²) < 4.78 is 0. The van der Waals surface area contributed by atoms with Gasteiger partial charge in [0.15, 0.2) is 0 Å². The molecule has 1 aliphatic rings. The van der Waals surface area contributed by atoms with Gasteiger partial charge in [-0.05, 0) is 42.0 Å². The van der Waals surface area contributed by atoms with E-state index in [1.165, 1.54) is 18.4 Å². The van der Waals surface area contributed by atoms with E-state index < -0.39 is 0 Å². The van der Waals surface area contributed by atoms with Gasteiger partial charge in [-0.15, -0.1) is 0 Å². The monoisotopic (exact) mass is 285 g/mol. The number of benzene rings is 2. The molecule has 102 valence electrons. The summed E-state index contributed by atoms with van der Waals surface area (Å²) >= 11 is 6.07. The van der Waals surface area contributed by atoms with E-state index in [1.54, 1.807) is 12.1 Å². The molecule has 1 amide bonds. The first-order chi connectivity index (χ1) is 9.60. The molecule has 0 aromatic heterocycles. The average Bonchev–Trinajstić information content (AvgIpc) is 3.19. The van der Waals surface area contributed by atoms with Gasteiger partial charge in [-0.1, -0.05) is 48.9 Å². The normalized spacial score (nSPS) is 15.7. The second kappa shape index (κ2) is 4.95. The molecule has 1 N–H and O–H groups in total. The molecule has 2 aromatic carbocycles. The number of carbonyl (C=O) groups excluding carboxylic acids is 1. The van der Waals surface area contributed by atoms with E-state index in [1.807, 2.05) is 30.3 Å². The highest BCUT2D eigenvalue weighted by Crippen LogP contribution is 2.50. The van der Waals surface area contributed by atoms with Crippen LogP contribution in [-0.4, -0.2) is 5.91 Å². The van der Waals surface area contributed by atoms with Crippen molar-refractivity contribution in [1.82, 2.24) is 0 Å². The van der Waals surface area contributed by atoms with Crippen LogP contribution in [0.5, 0.6) is 0 Å². The van der Waals surface area contributed by atoms with Crippen molar-refractivity contribution in [2.75, 3.05) is 5.32 Å². The molecule has 20 heavy (non-hydrogen) atoms. The minimum atomic E-state index is -0.160. The van der Waals surface area contributed by atoms with Crippen molar-refractivity contribution in [3.63, 3.8) is 0 Å². The Labute approximate surface area is 123 Å². The molecule has 2 aromatic rings. The number of rotatable bonds is 3. The third-order valence-corrected chi connectivity index (χ3v) is 4.27. The number of para-hydroxylation sites is 1. The Balaban J connectivity index is 1.89. The molecule has 0 aliphatic heterocycles. The highest BCUT2D eigenvalue weighted by Gasteiger charge is 2.40. The SMILES string of the molecule is CC1(c2ccccc2NC(=O)c2ccccc2Cl)CC1. The summed E-state index contributed by atoms with van der Waals surface area (Å²) in [6.45, 7) is 2.23. The number of amides is 1. The molecular weight excluding hydrogens is 270 g/mol. The maximum Gasteiger partial charge on any atom is 0.257 e. The lowest BCUT2D eigenvalue weighted by atomic mass is 9.96. The van der Waals surface area contributed by atoms with E-state index in [0.717, 1.165) is 5.69 Å². The highest BCUT2D eigenvalue weighted by molar-refractivity contribution is 6.34. The lowest BCUT2D eigenvalue weighted by Gasteiger charge is -2.16. The fourth-order valence-corrected chi connectivity index (χ4v) is 2.63. The molecule has 2 nitrogen and oxygen atoms in total. The number of nitrogens with one attached hydrogen (secondary N) is 1. The first-order valence-electron chi connectivity index (χ1n) is 6.75. The van der Waals surface area contributed by atoms with Crippen LogP contribution in [0.4, 0.5) is 5.69 Å². The molecule has 3 rings (SSSR count). The van der Waals surface area contributed by atoms with E-state index in [4.69, 9.17) is 11.6 Å². The first-order valence-corrected chi connectivity index (χ1v) is 7.13. The zero-order valence-electron chi connectivity index (χ0n) is 11.3. The molecule has 3 heteroatoms. The Hall–Kier alpha value is -1.80. The van der Waals surface area contributed by atoms with Crippen LogP contribution < -0.4 is 5.32 Å². The van der Waals surface area contributed by atoms with Gasteiger partial charge < -0.3 is 5.32 Å². The summed E-state index contributed by atoms with van der Waals surface area (Å²) in [5.41, 5.74) is 2.81. The lowest BCUT2D eigenvalue weighted by Crippen LogP contribution is -2.15. The Morgan fingerprint density at radius 3 is 2.45 bits per heavy atom. The summed E-state index contributed by atoms with van der Waals surface area (Å²) in [6.07, 6.45) is 2.35. The van der Waals surface area contributed by atoms with Crippen LogP contribution in [0.2, 0.25) is 5.02 Å².